The number of pyridine rings is 1. The minimum atomic E-state index is 0.106. The number of benzene rings is 1. The molecule has 1 nitrogen and oxygen atoms in total. The molecule has 2 unspecified atom stereocenters. The Morgan fingerprint density at radius 3 is 2.42 bits per heavy atom. The highest BCUT2D eigenvalue weighted by atomic mass is 15.1. The highest BCUT2D eigenvalue weighted by molar-refractivity contribution is 5.66. The molecule has 1 aromatic carbocycles. The lowest BCUT2D eigenvalue weighted by Gasteiger charge is -2.46. The molecule has 1 aromatic heterocycles. The van der Waals surface area contributed by atoms with Gasteiger partial charge in [-0.3, -0.25) is 0 Å². The maximum absolute atomic E-state index is 2.53. The van der Waals surface area contributed by atoms with Gasteiger partial charge in [0.1, 0.15) is 0 Å². The summed E-state index contributed by atoms with van der Waals surface area (Å²) in [6.45, 7) is 11.9. The van der Waals surface area contributed by atoms with Crippen LogP contribution in [0.5, 0.6) is 0 Å². The number of fused-ring (bicyclic) bond motifs is 3. The summed E-state index contributed by atoms with van der Waals surface area (Å²) in [5.41, 5.74) is 6.09. The molecule has 0 aliphatic carbocycles. The van der Waals surface area contributed by atoms with Crippen molar-refractivity contribution in [2.45, 2.75) is 77.7 Å². The lowest BCUT2D eigenvalue weighted by molar-refractivity contribution is -0.765. The van der Waals surface area contributed by atoms with Crippen LogP contribution in [-0.2, 0) is 17.4 Å². The second-order valence-corrected chi connectivity index (χ2v) is 7.75. The van der Waals surface area contributed by atoms with Crippen molar-refractivity contribution < 1.29 is 4.57 Å². The monoisotopic (exact) mass is 322 g/mol. The van der Waals surface area contributed by atoms with Gasteiger partial charge in [0.25, 0.3) is 0 Å². The van der Waals surface area contributed by atoms with Crippen molar-refractivity contribution in [1.29, 1.82) is 0 Å². The van der Waals surface area contributed by atoms with E-state index in [1.54, 1.807) is 5.56 Å². The van der Waals surface area contributed by atoms with E-state index >= 15 is 0 Å². The predicted molar refractivity (Wildman–Crippen MR) is 102 cm³/mol. The van der Waals surface area contributed by atoms with E-state index in [1.165, 1.54) is 36.1 Å². The SMILES string of the molecule is CCCCc1ccc2c(c1)C(C)(CC)C(C)(CC)[n+]1ccccc1-2. The van der Waals surface area contributed by atoms with Gasteiger partial charge >= 0.3 is 0 Å². The van der Waals surface area contributed by atoms with Crippen LogP contribution in [0.2, 0.25) is 0 Å². The smallest absolute Gasteiger partial charge is 0.192 e. The van der Waals surface area contributed by atoms with Crippen LogP contribution < -0.4 is 4.57 Å². The summed E-state index contributed by atoms with van der Waals surface area (Å²) in [7, 11) is 0. The van der Waals surface area contributed by atoms with E-state index in [2.05, 4.69) is 81.8 Å². The fourth-order valence-electron chi connectivity index (χ4n) is 4.59. The van der Waals surface area contributed by atoms with Gasteiger partial charge < -0.3 is 0 Å². The van der Waals surface area contributed by atoms with E-state index in [1.807, 2.05) is 0 Å². The first kappa shape index (κ1) is 17.2. The Kier molecular flexibility index (Phi) is 4.55. The van der Waals surface area contributed by atoms with Crippen LogP contribution in [-0.4, -0.2) is 0 Å². The number of hydrogen-bond donors (Lipinski definition) is 0. The molecule has 0 N–H and O–H groups in total. The quantitative estimate of drug-likeness (QED) is 0.613. The molecule has 2 aromatic rings. The maximum atomic E-state index is 2.53. The Balaban J connectivity index is 2.27. The molecule has 3 rings (SSSR count). The van der Waals surface area contributed by atoms with Crippen molar-refractivity contribution >= 4 is 0 Å². The van der Waals surface area contributed by atoms with Gasteiger partial charge in [0.15, 0.2) is 11.7 Å². The Morgan fingerprint density at radius 2 is 1.75 bits per heavy atom. The molecular formula is C23H32N+. The number of nitrogens with zero attached hydrogens (tertiary/aromatic N) is 1. The molecule has 0 radical (unpaired) electrons. The number of aromatic nitrogens is 1. The molecule has 0 amide bonds. The van der Waals surface area contributed by atoms with Crippen molar-refractivity contribution in [3.05, 3.63) is 53.7 Å². The first-order valence-corrected chi connectivity index (χ1v) is 9.66. The largest absolute Gasteiger partial charge is 0.213 e. The highest BCUT2D eigenvalue weighted by Crippen LogP contribution is 2.49. The molecule has 0 saturated carbocycles. The molecular weight excluding hydrogens is 290 g/mol. The number of rotatable bonds is 5. The summed E-state index contributed by atoms with van der Waals surface area (Å²) in [6.07, 6.45) is 8.30. The zero-order valence-corrected chi connectivity index (χ0v) is 16.0. The zero-order chi connectivity index (χ0) is 17.4. The molecule has 0 saturated heterocycles. The summed E-state index contributed by atoms with van der Waals surface area (Å²) in [5, 5.41) is 0. The van der Waals surface area contributed by atoms with Crippen LogP contribution in [0.15, 0.2) is 42.6 Å². The first-order chi connectivity index (χ1) is 11.5. The van der Waals surface area contributed by atoms with E-state index in [0.29, 0.717) is 0 Å². The third-order valence-corrected chi connectivity index (χ3v) is 6.75. The van der Waals surface area contributed by atoms with Crippen LogP contribution in [0, 0.1) is 0 Å². The van der Waals surface area contributed by atoms with Gasteiger partial charge in [-0.1, -0.05) is 39.3 Å². The van der Waals surface area contributed by atoms with Crippen molar-refractivity contribution in [3.63, 3.8) is 0 Å². The van der Waals surface area contributed by atoms with E-state index in [4.69, 9.17) is 0 Å². The van der Waals surface area contributed by atoms with Gasteiger partial charge in [0.2, 0.25) is 5.69 Å². The molecule has 2 heterocycles. The van der Waals surface area contributed by atoms with Crippen LogP contribution in [0.3, 0.4) is 0 Å². The Labute approximate surface area is 147 Å². The second-order valence-electron chi connectivity index (χ2n) is 7.75. The summed E-state index contributed by atoms with van der Waals surface area (Å²) in [4.78, 5) is 0. The van der Waals surface area contributed by atoms with E-state index < -0.39 is 0 Å². The molecule has 1 aliphatic rings. The molecule has 0 spiro atoms. The van der Waals surface area contributed by atoms with Gasteiger partial charge in [0.05, 0.1) is 11.0 Å². The van der Waals surface area contributed by atoms with Crippen LogP contribution in [0.1, 0.15) is 71.4 Å². The Hall–Kier alpha value is -1.63. The fraction of sp³-hybridized carbons (Fsp3) is 0.522. The summed E-state index contributed by atoms with van der Waals surface area (Å²) >= 11 is 0. The Morgan fingerprint density at radius 1 is 0.958 bits per heavy atom. The lowest BCUT2D eigenvalue weighted by atomic mass is 9.60. The molecule has 2 atom stereocenters. The van der Waals surface area contributed by atoms with Crippen molar-refractivity contribution in [1.82, 2.24) is 0 Å². The predicted octanol–water partition coefficient (Wildman–Crippen LogP) is 5.79. The first-order valence-electron chi connectivity index (χ1n) is 9.66. The van der Waals surface area contributed by atoms with Crippen molar-refractivity contribution in [3.8, 4) is 11.3 Å². The summed E-state index contributed by atoms with van der Waals surface area (Å²) in [6, 6.07) is 13.9. The minimum absolute atomic E-state index is 0.106. The molecule has 0 bridgehead atoms. The standard InChI is InChI=1S/C23H32N/c1-6-9-12-18-14-15-19-20(17-18)22(4,7-2)23(5,8-3)24-16-11-10-13-21(19)24/h10-11,13-17H,6-9,12H2,1-5H3/q+1. The summed E-state index contributed by atoms with van der Waals surface area (Å²) < 4.78 is 2.53. The molecule has 1 heteroatoms. The topological polar surface area (TPSA) is 3.88 Å². The average Bonchev–Trinajstić information content (AvgIpc) is 2.64. The maximum Gasteiger partial charge on any atom is 0.213 e. The lowest BCUT2D eigenvalue weighted by Crippen LogP contribution is -2.67. The highest BCUT2D eigenvalue weighted by Gasteiger charge is 2.56. The molecule has 128 valence electrons. The van der Waals surface area contributed by atoms with E-state index in [-0.39, 0.29) is 11.0 Å². The van der Waals surface area contributed by atoms with Gasteiger partial charge in [0, 0.05) is 25.5 Å². The number of hydrogen-bond acceptors (Lipinski definition) is 0. The summed E-state index contributed by atoms with van der Waals surface area (Å²) in [5.74, 6) is 0. The average molecular weight is 323 g/mol. The van der Waals surface area contributed by atoms with E-state index in [0.717, 1.165) is 12.8 Å². The minimum Gasteiger partial charge on any atom is -0.192 e. The molecule has 24 heavy (non-hydrogen) atoms. The van der Waals surface area contributed by atoms with Crippen LogP contribution in [0.25, 0.3) is 11.3 Å². The normalized spacial score (nSPS) is 25.2. The Bertz CT molecular complexity index is 733. The van der Waals surface area contributed by atoms with E-state index in [9.17, 15) is 0 Å². The van der Waals surface area contributed by atoms with Crippen molar-refractivity contribution in [2.24, 2.45) is 0 Å². The van der Waals surface area contributed by atoms with Crippen LogP contribution in [0.4, 0.5) is 0 Å². The zero-order valence-electron chi connectivity index (χ0n) is 16.0. The third-order valence-electron chi connectivity index (χ3n) is 6.75. The van der Waals surface area contributed by atoms with Gasteiger partial charge in [-0.25, -0.2) is 0 Å². The number of aryl methyl sites for hydroxylation is 1. The third kappa shape index (κ3) is 2.32. The number of unbranched alkanes of at least 4 members (excludes halogenated alkanes) is 1. The van der Waals surface area contributed by atoms with Crippen LogP contribution >= 0.6 is 0 Å². The fourth-order valence-corrected chi connectivity index (χ4v) is 4.59. The van der Waals surface area contributed by atoms with Gasteiger partial charge in [-0.2, -0.15) is 4.57 Å². The molecule has 1 aliphatic heterocycles. The van der Waals surface area contributed by atoms with Gasteiger partial charge in [-0.05, 0) is 49.4 Å². The second kappa shape index (κ2) is 6.35. The van der Waals surface area contributed by atoms with Crippen molar-refractivity contribution in [2.75, 3.05) is 0 Å². The molecule has 0 fully saturated rings. The van der Waals surface area contributed by atoms with Gasteiger partial charge in [-0.15, -0.1) is 0 Å².